The lowest BCUT2D eigenvalue weighted by molar-refractivity contribution is -0.129. The summed E-state index contributed by atoms with van der Waals surface area (Å²) in [6.07, 6.45) is 5.50. The first-order chi connectivity index (χ1) is 13.7. The van der Waals surface area contributed by atoms with Crippen LogP contribution in [0.3, 0.4) is 0 Å². The number of hydrogen-bond acceptors (Lipinski definition) is 4. The Morgan fingerprint density at radius 3 is 2.64 bits per heavy atom. The molecule has 28 heavy (non-hydrogen) atoms. The van der Waals surface area contributed by atoms with Gasteiger partial charge in [-0.05, 0) is 38.3 Å². The highest BCUT2D eigenvalue weighted by molar-refractivity contribution is 5.80. The van der Waals surface area contributed by atoms with E-state index >= 15 is 0 Å². The lowest BCUT2D eigenvalue weighted by Gasteiger charge is -2.37. The highest BCUT2D eigenvalue weighted by Crippen LogP contribution is 2.18. The fourth-order valence-corrected chi connectivity index (χ4v) is 4.07. The van der Waals surface area contributed by atoms with Crippen molar-refractivity contribution >= 4 is 17.7 Å². The molecule has 1 aromatic rings. The molecule has 1 N–H and O–H groups in total. The number of pyridine rings is 1. The molecule has 2 aliphatic rings. The van der Waals surface area contributed by atoms with Gasteiger partial charge in [-0.1, -0.05) is 13.0 Å². The Labute approximate surface area is 168 Å². The van der Waals surface area contributed by atoms with E-state index in [1.165, 1.54) is 0 Å². The second-order valence-corrected chi connectivity index (χ2v) is 7.44. The van der Waals surface area contributed by atoms with Gasteiger partial charge in [-0.2, -0.15) is 0 Å². The zero-order valence-electron chi connectivity index (χ0n) is 17.3. The number of amides is 1. The topological polar surface area (TPSA) is 64.1 Å². The number of aliphatic imine (C=N–C) groups is 1. The smallest absolute Gasteiger partial charge is 0.222 e. The van der Waals surface area contributed by atoms with Crippen molar-refractivity contribution in [2.45, 2.75) is 45.6 Å². The number of carbonyl (C=O) groups is 1. The Hall–Kier alpha value is -2.31. The summed E-state index contributed by atoms with van der Waals surface area (Å²) < 4.78 is 0. The fraction of sp³-hybridized carbons (Fsp3) is 0.667. The number of aromatic nitrogens is 1. The molecule has 1 unspecified atom stereocenters. The van der Waals surface area contributed by atoms with Gasteiger partial charge in [0.1, 0.15) is 5.82 Å². The number of guanidine groups is 1. The van der Waals surface area contributed by atoms with Crippen LogP contribution in [0.15, 0.2) is 29.4 Å². The number of hydrogen-bond donors (Lipinski definition) is 1. The molecule has 0 bridgehead atoms. The van der Waals surface area contributed by atoms with Gasteiger partial charge in [0.2, 0.25) is 5.91 Å². The Morgan fingerprint density at radius 2 is 2.04 bits per heavy atom. The minimum absolute atomic E-state index is 0.313. The molecule has 2 aliphatic heterocycles. The Kier molecular flexibility index (Phi) is 7.51. The van der Waals surface area contributed by atoms with Crippen molar-refractivity contribution in [1.82, 2.24) is 20.1 Å². The summed E-state index contributed by atoms with van der Waals surface area (Å²) in [6.45, 7) is 10.6. The van der Waals surface area contributed by atoms with Crippen LogP contribution in [0.1, 0.15) is 39.5 Å². The third kappa shape index (κ3) is 5.14. The van der Waals surface area contributed by atoms with E-state index in [2.05, 4.69) is 44.9 Å². The van der Waals surface area contributed by atoms with Crippen molar-refractivity contribution in [1.29, 1.82) is 0 Å². The van der Waals surface area contributed by atoms with E-state index in [-0.39, 0.29) is 0 Å². The Morgan fingerprint density at radius 1 is 1.21 bits per heavy atom. The van der Waals surface area contributed by atoms with Crippen LogP contribution in [0, 0.1) is 0 Å². The number of anilines is 1. The first-order valence-corrected chi connectivity index (χ1v) is 10.7. The predicted molar refractivity (Wildman–Crippen MR) is 114 cm³/mol. The molecular formula is C21H34N6O. The molecule has 3 heterocycles. The van der Waals surface area contributed by atoms with Crippen LogP contribution in [-0.4, -0.2) is 78.5 Å². The molecular weight excluding hydrogens is 352 g/mol. The number of carbonyl (C=O) groups excluding carboxylic acids is 1. The van der Waals surface area contributed by atoms with Gasteiger partial charge in [0.05, 0.1) is 0 Å². The maximum Gasteiger partial charge on any atom is 0.222 e. The molecule has 0 saturated carbocycles. The lowest BCUT2D eigenvalue weighted by atomic mass is 10.1. The summed E-state index contributed by atoms with van der Waals surface area (Å²) in [5.74, 6) is 2.35. The molecule has 0 spiro atoms. The van der Waals surface area contributed by atoms with Crippen LogP contribution >= 0.6 is 0 Å². The molecule has 1 amide bonds. The number of piperazine rings is 1. The van der Waals surface area contributed by atoms with Gasteiger partial charge >= 0.3 is 0 Å². The Balaban J connectivity index is 1.53. The van der Waals surface area contributed by atoms with Crippen molar-refractivity contribution in [3.05, 3.63) is 24.4 Å². The molecule has 2 saturated heterocycles. The summed E-state index contributed by atoms with van der Waals surface area (Å²) in [7, 11) is 0. The third-order valence-electron chi connectivity index (χ3n) is 5.63. The average Bonchev–Trinajstić information content (AvgIpc) is 3.17. The third-order valence-corrected chi connectivity index (χ3v) is 5.63. The first kappa shape index (κ1) is 20.4. The normalized spacial score (nSPS) is 19.3. The number of likely N-dealkylation sites (tertiary alicyclic amines) is 1. The van der Waals surface area contributed by atoms with Gasteiger partial charge in [-0.3, -0.25) is 9.79 Å². The summed E-state index contributed by atoms with van der Waals surface area (Å²) in [5, 5.41) is 3.44. The van der Waals surface area contributed by atoms with Crippen molar-refractivity contribution in [2.75, 3.05) is 50.7 Å². The highest BCUT2D eigenvalue weighted by atomic mass is 16.2. The number of nitrogens with zero attached hydrogens (tertiary/aromatic N) is 5. The fourth-order valence-electron chi connectivity index (χ4n) is 4.07. The van der Waals surface area contributed by atoms with E-state index in [1.807, 2.05) is 18.3 Å². The maximum atomic E-state index is 12.0. The molecule has 1 atom stereocenters. The van der Waals surface area contributed by atoms with Crippen LogP contribution in [0.2, 0.25) is 0 Å². The van der Waals surface area contributed by atoms with Gasteiger partial charge in [-0.15, -0.1) is 0 Å². The van der Waals surface area contributed by atoms with Gasteiger partial charge in [0.25, 0.3) is 0 Å². The predicted octanol–water partition coefficient (Wildman–Crippen LogP) is 1.96. The van der Waals surface area contributed by atoms with Crippen LogP contribution in [0.4, 0.5) is 5.82 Å². The van der Waals surface area contributed by atoms with E-state index in [9.17, 15) is 4.79 Å². The van der Waals surface area contributed by atoms with Crippen molar-refractivity contribution < 1.29 is 4.79 Å². The van der Waals surface area contributed by atoms with E-state index in [4.69, 9.17) is 4.99 Å². The van der Waals surface area contributed by atoms with Crippen LogP contribution in [-0.2, 0) is 4.79 Å². The lowest BCUT2D eigenvalue weighted by Crippen LogP contribution is -2.52. The summed E-state index contributed by atoms with van der Waals surface area (Å²) in [6, 6.07) is 6.38. The van der Waals surface area contributed by atoms with Gasteiger partial charge < -0.3 is 20.0 Å². The largest absolute Gasteiger partial charge is 0.357 e. The minimum atomic E-state index is 0.313. The molecule has 7 heteroatoms. The zero-order valence-corrected chi connectivity index (χ0v) is 17.3. The van der Waals surface area contributed by atoms with E-state index in [0.29, 0.717) is 18.4 Å². The van der Waals surface area contributed by atoms with Gasteiger partial charge in [0, 0.05) is 64.5 Å². The molecule has 3 rings (SSSR count). The molecule has 0 aromatic carbocycles. The monoisotopic (exact) mass is 386 g/mol. The van der Waals surface area contributed by atoms with E-state index in [1.54, 1.807) is 0 Å². The summed E-state index contributed by atoms with van der Waals surface area (Å²) in [5.41, 5.74) is 0. The quantitative estimate of drug-likeness (QED) is 0.573. The maximum absolute atomic E-state index is 12.0. The Bertz CT molecular complexity index is 642. The second-order valence-electron chi connectivity index (χ2n) is 7.44. The number of nitrogens with one attached hydrogen (secondary N) is 1. The van der Waals surface area contributed by atoms with Crippen molar-refractivity contribution in [2.24, 2.45) is 4.99 Å². The average molecular weight is 387 g/mol. The van der Waals surface area contributed by atoms with Gasteiger partial charge in [-0.25, -0.2) is 4.98 Å². The van der Waals surface area contributed by atoms with Crippen LogP contribution in [0.5, 0.6) is 0 Å². The molecule has 0 aliphatic carbocycles. The molecule has 2 fully saturated rings. The van der Waals surface area contributed by atoms with E-state index < -0.39 is 0 Å². The molecule has 7 nitrogen and oxygen atoms in total. The van der Waals surface area contributed by atoms with Crippen molar-refractivity contribution in [3.8, 4) is 0 Å². The van der Waals surface area contributed by atoms with Gasteiger partial charge in [0.15, 0.2) is 5.96 Å². The molecule has 1 aromatic heterocycles. The standard InChI is InChI=1S/C21H34N6O/c1-3-18(27-13-7-9-20(27)28)10-12-24-21(22-4-2)26-16-14-25(15-17-26)19-8-5-6-11-23-19/h5-6,8,11,18H,3-4,7,9-10,12-17H2,1-2H3,(H,22,24). The second kappa shape index (κ2) is 10.3. The van der Waals surface area contributed by atoms with E-state index in [0.717, 1.165) is 76.9 Å². The highest BCUT2D eigenvalue weighted by Gasteiger charge is 2.26. The van der Waals surface area contributed by atoms with Crippen molar-refractivity contribution in [3.63, 3.8) is 0 Å². The molecule has 154 valence electrons. The zero-order chi connectivity index (χ0) is 19.8. The molecule has 0 radical (unpaired) electrons. The van der Waals surface area contributed by atoms with Crippen LogP contribution < -0.4 is 10.2 Å². The summed E-state index contributed by atoms with van der Waals surface area (Å²) in [4.78, 5) is 28.1. The van der Waals surface area contributed by atoms with Crippen LogP contribution in [0.25, 0.3) is 0 Å². The summed E-state index contributed by atoms with van der Waals surface area (Å²) >= 11 is 0. The first-order valence-electron chi connectivity index (χ1n) is 10.7. The minimum Gasteiger partial charge on any atom is -0.357 e. The SMILES string of the molecule is CCNC(=NCCC(CC)N1CCCC1=O)N1CCN(c2ccccn2)CC1. The number of rotatable bonds is 7.